The average molecular weight is 581 g/mol. The van der Waals surface area contributed by atoms with Gasteiger partial charge in [-0.25, -0.2) is 0 Å². The minimum Gasteiger partial charge on any atom is -0.0616 e. The van der Waals surface area contributed by atoms with E-state index in [2.05, 4.69) is 170 Å². The fourth-order valence-electron chi connectivity index (χ4n) is 7.88. The minimum atomic E-state index is 1.26. The van der Waals surface area contributed by atoms with Gasteiger partial charge in [0.1, 0.15) is 0 Å². The third kappa shape index (κ3) is 3.68. The van der Waals surface area contributed by atoms with Crippen molar-refractivity contribution < 1.29 is 0 Å². The van der Waals surface area contributed by atoms with Crippen LogP contribution in [-0.4, -0.2) is 0 Å². The van der Waals surface area contributed by atoms with Crippen molar-refractivity contribution in [3.8, 4) is 22.3 Å². The van der Waals surface area contributed by atoms with Crippen LogP contribution in [0.25, 0.3) is 97.7 Å². The van der Waals surface area contributed by atoms with E-state index < -0.39 is 0 Å². The summed E-state index contributed by atoms with van der Waals surface area (Å²) in [6, 6.07) is 63.1. The predicted octanol–water partition coefficient (Wildman–Crippen LogP) is 13.1. The zero-order valence-electron chi connectivity index (χ0n) is 25.2. The zero-order chi connectivity index (χ0) is 30.2. The molecule has 46 heavy (non-hydrogen) atoms. The first-order chi connectivity index (χ1) is 22.8. The van der Waals surface area contributed by atoms with E-state index in [9.17, 15) is 0 Å². The van der Waals surface area contributed by atoms with Gasteiger partial charge in [0.05, 0.1) is 0 Å². The van der Waals surface area contributed by atoms with Crippen LogP contribution in [0.15, 0.2) is 170 Å². The first-order valence-corrected chi connectivity index (χ1v) is 16.0. The van der Waals surface area contributed by atoms with E-state index >= 15 is 0 Å². The fraction of sp³-hybridized carbons (Fsp3) is 0. The summed E-state index contributed by atoms with van der Waals surface area (Å²) < 4.78 is 0. The summed E-state index contributed by atoms with van der Waals surface area (Å²) >= 11 is 0. The maximum absolute atomic E-state index is 2.48. The van der Waals surface area contributed by atoms with Crippen LogP contribution < -0.4 is 0 Å². The SMILES string of the molecule is c1ccc2cc3c(-c4cccc5ccccc45)c4cc5c(ccc6ccccc65)cc4c(-c4cccc5ccccc45)c3cc2c1. The molecule has 0 amide bonds. The standard InChI is InChI=1S/C46H28/c1-2-15-33-26-42-41(25-32(33)14-1)45(38-21-9-16-29-11-3-6-18-35(29)38)43-27-34-24-23-31-13-5-8-20-37(31)40(34)28-44(43)46(42)39-22-10-17-30-12-4-7-19-36(30)39/h1-28H. The maximum atomic E-state index is 2.48. The lowest BCUT2D eigenvalue weighted by Gasteiger charge is -2.21. The molecule has 0 aliphatic heterocycles. The van der Waals surface area contributed by atoms with E-state index in [-0.39, 0.29) is 0 Å². The Bertz CT molecular complexity index is 2840. The van der Waals surface area contributed by atoms with Crippen molar-refractivity contribution >= 4 is 75.4 Å². The van der Waals surface area contributed by atoms with E-state index in [4.69, 9.17) is 0 Å². The van der Waals surface area contributed by atoms with Gasteiger partial charge in [-0.2, -0.15) is 0 Å². The normalized spacial score (nSPS) is 11.9. The summed E-state index contributed by atoms with van der Waals surface area (Å²) in [5, 5.41) is 17.8. The molecule has 0 aliphatic carbocycles. The lowest BCUT2D eigenvalue weighted by Crippen LogP contribution is -1.94. The van der Waals surface area contributed by atoms with Crippen molar-refractivity contribution in [1.82, 2.24) is 0 Å². The van der Waals surface area contributed by atoms with Crippen LogP contribution in [0.2, 0.25) is 0 Å². The molecule has 0 radical (unpaired) electrons. The van der Waals surface area contributed by atoms with E-state index in [1.807, 2.05) is 0 Å². The molecule has 0 unspecified atom stereocenters. The molecule has 0 fully saturated rings. The van der Waals surface area contributed by atoms with Gasteiger partial charge in [-0.15, -0.1) is 0 Å². The molecule has 0 atom stereocenters. The second-order valence-electron chi connectivity index (χ2n) is 12.5. The van der Waals surface area contributed by atoms with Crippen LogP contribution in [-0.2, 0) is 0 Å². The van der Waals surface area contributed by atoms with Crippen LogP contribution in [0.5, 0.6) is 0 Å². The largest absolute Gasteiger partial charge is 0.0616 e. The number of hydrogen-bond acceptors (Lipinski definition) is 0. The molecule has 0 saturated heterocycles. The van der Waals surface area contributed by atoms with Gasteiger partial charge in [0.25, 0.3) is 0 Å². The van der Waals surface area contributed by atoms with E-state index in [0.717, 1.165) is 0 Å². The van der Waals surface area contributed by atoms with E-state index in [1.165, 1.54) is 97.7 Å². The summed E-state index contributed by atoms with van der Waals surface area (Å²) in [4.78, 5) is 0. The molecular weight excluding hydrogens is 553 g/mol. The van der Waals surface area contributed by atoms with Crippen molar-refractivity contribution in [2.45, 2.75) is 0 Å². The summed E-state index contributed by atoms with van der Waals surface area (Å²) in [6.07, 6.45) is 0. The number of benzene rings is 10. The smallest absolute Gasteiger partial charge is 0.00197 e. The highest BCUT2D eigenvalue weighted by Gasteiger charge is 2.21. The molecule has 0 saturated carbocycles. The van der Waals surface area contributed by atoms with Crippen molar-refractivity contribution in [3.63, 3.8) is 0 Å². The molecule has 0 bridgehead atoms. The molecule has 0 N–H and O–H groups in total. The monoisotopic (exact) mass is 580 g/mol. The van der Waals surface area contributed by atoms with Gasteiger partial charge >= 0.3 is 0 Å². The molecule has 0 heterocycles. The number of fused-ring (bicyclic) bond motifs is 8. The third-order valence-electron chi connectivity index (χ3n) is 9.96. The Kier molecular flexibility index (Phi) is 5.38. The van der Waals surface area contributed by atoms with E-state index in [0.29, 0.717) is 0 Å². The molecule has 212 valence electrons. The molecule has 0 heteroatoms. The molecule has 0 nitrogen and oxygen atoms in total. The lowest BCUT2D eigenvalue weighted by atomic mass is 9.82. The third-order valence-corrected chi connectivity index (χ3v) is 9.96. The minimum absolute atomic E-state index is 1.26. The highest BCUT2D eigenvalue weighted by molar-refractivity contribution is 6.29. The van der Waals surface area contributed by atoms with Crippen LogP contribution in [0.4, 0.5) is 0 Å². The van der Waals surface area contributed by atoms with Crippen LogP contribution in [0.3, 0.4) is 0 Å². The highest BCUT2D eigenvalue weighted by atomic mass is 14.2. The van der Waals surface area contributed by atoms with Gasteiger partial charge in [0.15, 0.2) is 0 Å². The van der Waals surface area contributed by atoms with Gasteiger partial charge < -0.3 is 0 Å². The van der Waals surface area contributed by atoms with Crippen molar-refractivity contribution in [1.29, 1.82) is 0 Å². The Hall–Kier alpha value is -5.98. The zero-order valence-corrected chi connectivity index (χ0v) is 25.2. The Balaban J connectivity index is 1.51. The predicted molar refractivity (Wildman–Crippen MR) is 200 cm³/mol. The summed E-state index contributed by atoms with van der Waals surface area (Å²) in [5.41, 5.74) is 5.14. The Morgan fingerprint density at radius 2 is 0.565 bits per heavy atom. The van der Waals surface area contributed by atoms with Crippen molar-refractivity contribution in [2.75, 3.05) is 0 Å². The molecule has 10 aromatic rings. The van der Waals surface area contributed by atoms with Crippen LogP contribution in [0, 0.1) is 0 Å². The van der Waals surface area contributed by atoms with Gasteiger partial charge in [-0.1, -0.05) is 146 Å². The number of hydrogen-bond donors (Lipinski definition) is 0. The Labute approximate surface area is 266 Å². The summed E-state index contributed by atoms with van der Waals surface area (Å²) in [5.74, 6) is 0. The lowest BCUT2D eigenvalue weighted by molar-refractivity contribution is 1.70. The molecule has 0 aliphatic rings. The van der Waals surface area contributed by atoms with E-state index in [1.54, 1.807) is 0 Å². The first-order valence-electron chi connectivity index (χ1n) is 16.0. The molecule has 0 spiro atoms. The van der Waals surface area contributed by atoms with Gasteiger partial charge in [0, 0.05) is 0 Å². The van der Waals surface area contributed by atoms with Gasteiger partial charge in [0.2, 0.25) is 0 Å². The molecule has 0 aromatic heterocycles. The van der Waals surface area contributed by atoms with Gasteiger partial charge in [-0.05, 0) is 122 Å². The Morgan fingerprint density at radius 3 is 1.11 bits per heavy atom. The van der Waals surface area contributed by atoms with Gasteiger partial charge in [-0.3, -0.25) is 0 Å². The van der Waals surface area contributed by atoms with Crippen molar-refractivity contribution in [3.05, 3.63) is 170 Å². The molecule has 10 rings (SSSR count). The van der Waals surface area contributed by atoms with Crippen LogP contribution in [0.1, 0.15) is 0 Å². The second-order valence-corrected chi connectivity index (χ2v) is 12.5. The van der Waals surface area contributed by atoms with Crippen molar-refractivity contribution in [2.24, 2.45) is 0 Å². The molecule has 10 aromatic carbocycles. The van der Waals surface area contributed by atoms with Crippen LogP contribution >= 0.6 is 0 Å². The fourth-order valence-corrected chi connectivity index (χ4v) is 7.88. The topological polar surface area (TPSA) is 0 Å². The number of rotatable bonds is 2. The molecular formula is C46H28. The second kappa shape index (κ2) is 9.76. The maximum Gasteiger partial charge on any atom is -0.00197 e. The quantitative estimate of drug-likeness (QED) is 0.141. The summed E-state index contributed by atoms with van der Waals surface area (Å²) in [6.45, 7) is 0. The average Bonchev–Trinajstić information content (AvgIpc) is 3.12. The first kappa shape index (κ1) is 25.4. The Morgan fingerprint density at radius 1 is 0.196 bits per heavy atom. The highest BCUT2D eigenvalue weighted by Crippen LogP contribution is 2.49. The summed E-state index contributed by atoms with van der Waals surface area (Å²) in [7, 11) is 0.